The third kappa shape index (κ3) is 4.85. The lowest BCUT2D eigenvalue weighted by atomic mass is 10.2. The Hall–Kier alpha value is -2.28. The predicted molar refractivity (Wildman–Crippen MR) is 92.7 cm³/mol. The van der Waals surface area contributed by atoms with Crippen molar-refractivity contribution in [2.45, 2.75) is 32.8 Å². The fraction of sp³-hybridized carbons (Fsp3) is 0.471. The molecule has 0 saturated carbocycles. The molecule has 1 aromatic carbocycles. The molecule has 0 radical (unpaired) electrons. The van der Waals surface area contributed by atoms with E-state index in [2.05, 4.69) is 5.32 Å². The molecule has 7 nitrogen and oxygen atoms in total. The molecule has 0 aromatic heterocycles. The summed E-state index contributed by atoms with van der Waals surface area (Å²) in [5, 5.41) is 3.17. The van der Waals surface area contributed by atoms with Crippen LogP contribution in [0.15, 0.2) is 12.1 Å². The van der Waals surface area contributed by atoms with Crippen molar-refractivity contribution in [3.05, 3.63) is 22.7 Å². The Kier molecular flexibility index (Phi) is 6.25. The van der Waals surface area contributed by atoms with E-state index >= 15 is 0 Å². The quantitative estimate of drug-likeness (QED) is 0.778. The number of halogens is 1. The van der Waals surface area contributed by atoms with E-state index in [1.807, 2.05) is 0 Å². The van der Waals surface area contributed by atoms with Gasteiger partial charge in [0.05, 0.1) is 12.8 Å². The molecule has 0 unspecified atom stereocenters. The van der Waals surface area contributed by atoms with Gasteiger partial charge in [0.1, 0.15) is 12.3 Å². The number of hydrogen-bond donors (Lipinski definition) is 1. The number of rotatable bonds is 6. The second kappa shape index (κ2) is 8.20. The number of likely N-dealkylation sites (tertiary alicyclic amines) is 1. The topological polar surface area (TPSA) is 84.9 Å². The summed E-state index contributed by atoms with van der Waals surface area (Å²) in [6, 6.07) is 3.28. The minimum Gasteiger partial charge on any atom is -0.495 e. The molecular formula is C17H21ClN2O5. The first-order chi connectivity index (χ1) is 11.8. The molecule has 25 heavy (non-hydrogen) atoms. The van der Waals surface area contributed by atoms with Crippen LogP contribution in [-0.4, -0.2) is 49.0 Å². The van der Waals surface area contributed by atoms with Crippen LogP contribution in [0.3, 0.4) is 0 Å². The number of methoxy groups -OCH3 is 1. The summed E-state index contributed by atoms with van der Waals surface area (Å²) in [5.41, 5.74) is 1.21. The molecule has 0 aliphatic carbocycles. The van der Waals surface area contributed by atoms with Crippen molar-refractivity contribution < 1.29 is 23.9 Å². The van der Waals surface area contributed by atoms with Crippen LogP contribution in [-0.2, 0) is 19.1 Å². The third-order valence-electron chi connectivity index (χ3n) is 3.91. The molecule has 2 amide bonds. The fourth-order valence-electron chi connectivity index (χ4n) is 2.48. The molecule has 136 valence electrons. The first-order valence-electron chi connectivity index (χ1n) is 7.94. The van der Waals surface area contributed by atoms with Crippen molar-refractivity contribution in [1.82, 2.24) is 4.90 Å². The van der Waals surface area contributed by atoms with Crippen LogP contribution in [0, 0.1) is 6.92 Å². The average Bonchev–Trinajstić information content (AvgIpc) is 2.95. The van der Waals surface area contributed by atoms with E-state index in [-0.39, 0.29) is 12.5 Å². The standard InChI is InChI=1S/C17H21ClN2O5/c1-10-7-13(14(24-3)8-12(10)18)19-17(23)11(2)25-16(22)9-20-6-4-5-15(20)21/h7-8,11H,4-6,9H2,1-3H3,(H,19,23)/t11-/m1/s1. The van der Waals surface area contributed by atoms with Crippen LogP contribution in [0.2, 0.25) is 5.02 Å². The van der Waals surface area contributed by atoms with Gasteiger partial charge < -0.3 is 19.7 Å². The number of ether oxygens (including phenoxy) is 2. The molecule has 8 heteroatoms. The highest BCUT2D eigenvalue weighted by Crippen LogP contribution is 2.31. The molecule has 1 fully saturated rings. The van der Waals surface area contributed by atoms with Gasteiger partial charge >= 0.3 is 5.97 Å². The second-order valence-corrected chi connectivity index (χ2v) is 6.25. The zero-order valence-corrected chi connectivity index (χ0v) is 15.2. The minimum atomic E-state index is -1.01. The van der Waals surface area contributed by atoms with Crippen LogP contribution in [0.4, 0.5) is 5.69 Å². The summed E-state index contributed by atoms with van der Waals surface area (Å²) in [7, 11) is 1.47. The highest BCUT2D eigenvalue weighted by molar-refractivity contribution is 6.31. The molecule has 1 heterocycles. The molecule has 1 aliphatic heterocycles. The fourth-order valence-corrected chi connectivity index (χ4v) is 2.63. The van der Waals surface area contributed by atoms with Crippen molar-refractivity contribution in [1.29, 1.82) is 0 Å². The van der Waals surface area contributed by atoms with Gasteiger partial charge in [-0.15, -0.1) is 0 Å². The molecule has 0 spiro atoms. The number of nitrogens with zero attached hydrogens (tertiary/aromatic N) is 1. The van der Waals surface area contributed by atoms with Gasteiger partial charge in [-0.05, 0) is 31.9 Å². The van der Waals surface area contributed by atoms with Crippen molar-refractivity contribution in [3.8, 4) is 5.75 Å². The van der Waals surface area contributed by atoms with Crippen molar-refractivity contribution in [3.63, 3.8) is 0 Å². The van der Waals surface area contributed by atoms with Gasteiger partial charge in [0.15, 0.2) is 6.10 Å². The van der Waals surface area contributed by atoms with E-state index in [4.69, 9.17) is 21.1 Å². The van der Waals surface area contributed by atoms with E-state index in [1.54, 1.807) is 19.1 Å². The lowest BCUT2D eigenvalue weighted by molar-refractivity contribution is -0.155. The molecule has 1 aromatic rings. The number of carbonyl (C=O) groups excluding carboxylic acids is 3. The van der Waals surface area contributed by atoms with E-state index in [0.717, 1.165) is 12.0 Å². The zero-order chi connectivity index (χ0) is 18.6. The molecule has 0 bridgehead atoms. The van der Waals surface area contributed by atoms with Gasteiger partial charge in [-0.2, -0.15) is 0 Å². The Balaban J connectivity index is 1.95. The number of amides is 2. The van der Waals surface area contributed by atoms with Crippen LogP contribution >= 0.6 is 11.6 Å². The maximum absolute atomic E-state index is 12.3. The summed E-state index contributed by atoms with van der Waals surface area (Å²) >= 11 is 6.03. The maximum atomic E-state index is 12.3. The van der Waals surface area contributed by atoms with Crippen molar-refractivity contribution in [2.24, 2.45) is 0 Å². The molecule has 1 N–H and O–H groups in total. The van der Waals surface area contributed by atoms with Crippen LogP contribution in [0.1, 0.15) is 25.3 Å². The predicted octanol–water partition coefficient (Wildman–Crippen LogP) is 2.15. The maximum Gasteiger partial charge on any atom is 0.326 e. The highest BCUT2D eigenvalue weighted by Gasteiger charge is 2.25. The van der Waals surface area contributed by atoms with Crippen LogP contribution in [0.5, 0.6) is 5.75 Å². The monoisotopic (exact) mass is 368 g/mol. The van der Waals surface area contributed by atoms with Gasteiger partial charge in [0.2, 0.25) is 5.91 Å². The Morgan fingerprint density at radius 3 is 2.72 bits per heavy atom. The number of aryl methyl sites for hydroxylation is 1. The highest BCUT2D eigenvalue weighted by atomic mass is 35.5. The van der Waals surface area contributed by atoms with E-state index < -0.39 is 18.0 Å². The largest absolute Gasteiger partial charge is 0.495 e. The normalized spacial score (nSPS) is 15.0. The van der Waals surface area contributed by atoms with Gasteiger partial charge in [0, 0.05) is 24.1 Å². The lowest BCUT2D eigenvalue weighted by Gasteiger charge is -2.18. The summed E-state index contributed by atoms with van der Waals surface area (Å²) in [6.45, 7) is 3.66. The molecule has 1 aliphatic rings. The molecular weight excluding hydrogens is 348 g/mol. The average molecular weight is 369 g/mol. The number of hydrogen-bond acceptors (Lipinski definition) is 5. The summed E-state index contributed by atoms with van der Waals surface area (Å²) in [4.78, 5) is 37.1. The van der Waals surface area contributed by atoms with E-state index in [0.29, 0.717) is 29.4 Å². The summed E-state index contributed by atoms with van der Waals surface area (Å²) in [6.07, 6.45) is 0.169. The smallest absolute Gasteiger partial charge is 0.326 e. The minimum absolute atomic E-state index is 0.0737. The molecule has 2 rings (SSSR count). The summed E-state index contributed by atoms with van der Waals surface area (Å²) in [5.74, 6) is -0.779. The number of nitrogens with one attached hydrogen (secondary N) is 1. The summed E-state index contributed by atoms with van der Waals surface area (Å²) < 4.78 is 10.3. The van der Waals surface area contributed by atoms with Gasteiger partial charge in [-0.3, -0.25) is 14.4 Å². The lowest BCUT2D eigenvalue weighted by Crippen LogP contribution is -2.36. The van der Waals surface area contributed by atoms with Gasteiger partial charge in [-0.25, -0.2) is 0 Å². The van der Waals surface area contributed by atoms with Crippen LogP contribution in [0.25, 0.3) is 0 Å². The first kappa shape index (κ1) is 19.1. The number of carbonyl (C=O) groups is 3. The number of benzene rings is 1. The molecule has 1 saturated heterocycles. The SMILES string of the molecule is COc1cc(Cl)c(C)cc1NC(=O)[C@@H](C)OC(=O)CN1CCCC1=O. The van der Waals surface area contributed by atoms with E-state index in [1.165, 1.54) is 18.9 Å². The Morgan fingerprint density at radius 1 is 1.40 bits per heavy atom. The Labute approximate surface area is 151 Å². The van der Waals surface area contributed by atoms with Gasteiger partial charge in [0.25, 0.3) is 5.91 Å². The first-order valence-corrected chi connectivity index (χ1v) is 8.32. The van der Waals surface area contributed by atoms with E-state index in [9.17, 15) is 14.4 Å². The molecule has 1 atom stereocenters. The Bertz CT molecular complexity index is 692. The van der Waals surface area contributed by atoms with Gasteiger partial charge in [-0.1, -0.05) is 11.6 Å². The number of anilines is 1. The second-order valence-electron chi connectivity index (χ2n) is 5.84. The van der Waals surface area contributed by atoms with Crippen LogP contribution < -0.4 is 10.1 Å². The third-order valence-corrected chi connectivity index (χ3v) is 4.31. The zero-order valence-electron chi connectivity index (χ0n) is 14.4. The number of esters is 1. The Morgan fingerprint density at radius 2 is 2.12 bits per heavy atom. The van der Waals surface area contributed by atoms with Crippen molar-refractivity contribution >= 4 is 35.1 Å². The van der Waals surface area contributed by atoms with Crippen molar-refractivity contribution in [2.75, 3.05) is 25.5 Å².